The maximum atomic E-state index is 12.6. The molecule has 0 aromatic carbocycles. The molecular formula is C14H28N4O2. The standard InChI is InChI=1S/C14H28N4O2/c1-4-10(3)13(18(16)8-11(15)5-2)14(20)17-7-6-12(19)9-17/h8,10,12-13,19H,4-7,9,15-16H2,1-3H3/b11-8-. The molecule has 1 aliphatic heterocycles. The third-order valence-electron chi connectivity index (χ3n) is 3.96. The SMILES string of the molecule is CC/C(N)=C/N(N)C(C(=O)N1CCC(O)C1)C(C)CC. The topological polar surface area (TPSA) is 95.8 Å². The normalized spacial score (nSPS) is 22.8. The van der Waals surface area contributed by atoms with Crippen LogP contribution in [-0.4, -0.2) is 46.2 Å². The maximum Gasteiger partial charge on any atom is 0.247 e. The van der Waals surface area contributed by atoms with Crippen molar-refractivity contribution in [2.75, 3.05) is 13.1 Å². The summed E-state index contributed by atoms with van der Waals surface area (Å²) in [6.45, 7) is 6.96. The van der Waals surface area contributed by atoms with Crippen LogP contribution < -0.4 is 11.6 Å². The van der Waals surface area contributed by atoms with E-state index in [1.165, 1.54) is 5.01 Å². The largest absolute Gasteiger partial charge is 0.401 e. The van der Waals surface area contributed by atoms with E-state index in [1.54, 1.807) is 11.1 Å². The first kappa shape index (κ1) is 16.8. The van der Waals surface area contributed by atoms with Gasteiger partial charge in [-0.2, -0.15) is 0 Å². The van der Waals surface area contributed by atoms with Crippen molar-refractivity contribution in [1.82, 2.24) is 9.91 Å². The second-order valence-corrected chi connectivity index (χ2v) is 5.56. The predicted molar refractivity (Wildman–Crippen MR) is 79.0 cm³/mol. The Balaban J connectivity index is 2.86. The number of nitrogens with zero attached hydrogens (tertiary/aromatic N) is 2. The van der Waals surface area contributed by atoms with Crippen molar-refractivity contribution in [3.8, 4) is 0 Å². The van der Waals surface area contributed by atoms with Gasteiger partial charge in [0.15, 0.2) is 0 Å². The van der Waals surface area contributed by atoms with Crippen LogP contribution in [0.2, 0.25) is 0 Å². The Morgan fingerprint density at radius 3 is 2.65 bits per heavy atom. The van der Waals surface area contributed by atoms with Crippen LogP contribution in [-0.2, 0) is 4.79 Å². The van der Waals surface area contributed by atoms with Gasteiger partial charge in [-0.05, 0) is 18.8 Å². The predicted octanol–water partition coefficient (Wildman–Crippen LogP) is 0.380. The van der Waals surface area contributed by atoms with Gasteiger partial charge >= 0.3 is 0 Å². The highest BCUT2D eigenvalue weighted by molar-refractivity contribution is 5.82. The van der Waals surface area contributed by atoms with E-state index in [1.807, 2.05) is 20.8 Å². The quantitative estimate of drug-likeness (QED) is 0.484. The molecule has 1 fully saturated rings. The Morgan fingerprint density at radius 2 is 2.20 bits per heavy atom. The zero-order chi connectivity index (χ0) is 15.3. The summed E-state index contributed by atoms with van der Waals surface area (Å²) in [6.07, 6.45) is 3.40. The van der Waals surface area contributed by atoms with E-state index in [4.69, 9.17) is 11.6 Å². The van der Waals surface area contributed by atoms with E-state index in [2.05, 4.69) is 0 Å². The molecule has 1 rings (SSSR count). The third-order valence-corrected chi connectivity index (χ3v) is 3.96. The minimum atomic E-state index is -0.435. The highest BCUT2D eigenvalue weighted by atomic mass is 16.3. The van der Waals surface area contributed by atoms with E-state index >= 15 is 0 Å². The molecule has 6 nitrogen and oxygen atoms in total. The molecular weight excluding hydrogens is 256 g/mol. The van der Waals surface area contributed by atoms with Crippen LogP contribution in [0.15, 0.2) is 11.9 Å². The van der Waals surface area contributed by atoms with Gasteiger partial charge in [0.2, 0.25) is 5.91 Å². The Labute approximate surface area is 121 Å². The van der Waals surface area contributed by atoms with Gasteiger partial charge in [0.1, 0.15) is 6.04 Å². The second-order valence-electron chi connectivity index (χ2n) is 5.56. The minimum absolute atomic E-state index is 0.0291. The first-order valence-corrected chi connectivity index (χ1v) is 7.36. The van der Waals surface area contributed by atoms with Crippen LogP contribution in [0, 0.1) is 5.92 Å². The Morgan fingerprint density at radius 1 is 1.55 bits per heavy atom. The fraction of sp³-hybridized carbons (Fsp3) is 0.786. The van der Waals surface area contributed by atoms with Crippen LogP contribution in [0.5, 0.6) is 0 Å². The van der Waals surface area contributed by atoms with Crippen molar-refractivity contribution >= 4 is 5.91 Å². The minimum Gasteiger partial charge on any atom is -0.401 e. The number of hydrogen-bond acceptors (Lipinski definition) is 5. The van der Waals surface area contributed by atoms with Gasteiger partial charge in [-0.3, -0.25) is 4.79 Å². The first-order chi connectivity index (χ1) is 9.40. The number of aliphatic hydroxyl groups is 1. The van der Waals surface area contributed by atoms with Crippen LogP contribution >= 0.6 is 0 Å². The number of likely N-dealkylation sites (tertiary alicyclic amines) is 1. The van der Waals surface area contributed by atoms with Gasteiger partial charge in [0.05, 0.1) is 6.10 Å². The monoisotopic (exact) mass is 284 g/mol. The van der Waals surface area contributed by atoms with Gasteiger partial charge in [0, 0.05) is 25.0 Å². The highest BCUT2D eigenvalue weighted by Crippen LogP contribution is 2.19. The van der Waals surface area contributed by atoms with E-state index in [-0.39, 0.29) is 11.8 Å². The van der Waals surface area contributed by atoms with E-state index in [9.17, 15) is 9.90 Å². The maximum absolute atomic E-state index is 12.6. The number of amides is 1. The summed E-state index contributed by atoms with van der Waals surface area (Å²) in [4.78, 5) is 14.3. The van der Waals surface area contributed by atoms with Gasteiger partial charge in [0.25, 0.3) is 0 Å². The van der Waals surface area contributed by atoms with Crippen LogP contribution in [0.3, 0.4) is 0 Å². The average molecular weight is 284 g/mol. The molecule has 3 unspecified atom stereocenters. The molecule has 20 heavy (non-hydrogen) atoms. The molecule has 0 aromatic heterocycles. The molecule has 1 heterocycles. The molecule has 6 heteroatoms. The zero-order valence-corrected chi connectivity index (χ0v) is 12.7. The smallest absolute Gasteiger partial charge is 0.247 e. The average Bonchev–Trinajstić information content (AvgIpc) is 2.85. The van der Waals surface area contributed by atoms with Gasteiger partial charge in [-0.25, -0.2) is 5.84 Å². The fourth-order valence-corrected chi connectivity index (χ4v) is 2.38. The summed E-state index contributed by atoms with van der Waals surface area (Å²) >= 11 is 0. The number of hydrogen-bond donors (Lipinski definition) is 3. The van der Waals surface area contributed by atoms with Crippen molar-refractivity contribution in [3.63, 3.8) is 0 Å². The van der Waals surface area contributed by atoms with Crippen molar-refractivity contribution < 1.29 is 9.90 Å². The number of rotatable bonds is 6. The number of aliphatic hydroxyl groups excluding tert-OH is 1. The molecule has 0 spiro atoms. The summed E-state index contributed by atoms with van der Waals surface area (Å²) in [7, 11) is 0. The summed E-state index contributed by atoms with van der Waals surface area (Å²) < 4.78 is 0. The van der Waals surface area contributed by atoms with Gasteiger partial charge < -0.3 is 20.7 Å². The Bertz CT molecular complexity index is 359. The molecule has 0 bridgehead atoms. The number of carbonyl (C=O) groups excluding carboxylic acids is 1. The summed E-state index contributed by atoms with van der Waals surface area (Å²) in [5.74, 6) is 6.13. The zero-order valence-electron chi connectivity index (χ0n) is 12.7. The van der Waals surface area contributed by atoms with Crippen LogP contribution in [0.1, 0.15) is 40.0 Å². The lowest BCUT2D eigenvalue weighted by molar-refractivity contribution is -0.137. The second kappa shape index (κ2) is 7.50. The highest BCUT2D eigenvalue weighted by Gasteiger charge is 2.34. The molecule has 0 aromatic rings. The van der Waals surface area contributed by atoms with Crippen molar-refractivity contribution in [2.24, 2.45) is 17.5 Å². The molecule has 3 atom stereocenters. The molecule has 0 saturated carbocycles. The first-order valence-electron chi connectivity index (χ1n) is 7.36. The number of allylic oxidation sites excluding steroid dienone is 1. The number of β-amino-alcohol motifs (C(OH)–C–C–N with tert-alkyl or cyclic N) is 1. The van der Waals surface area contributed by atoms with E-state index in [0.29, 0.717) is 31.6 Å². The Hall–Kier alpha value is -1.27. The van der Waals surface area contributed by atoms with E-state index < -0.39 is 12.1 Å². The Kier molecular flexibility index (Phi) is 6.29. The van der Waals surface area contributed by atoms with Crippen LogP contribution in [0.4, 0.5) is 0 Å². The van der Waals surface area contributed by atoms with Crippen LogP contribution in [0.25, 0.3) is 0 Å². The molecule has 0 aliphatic carbocycles. The number of nitrogens with two attached hydrogens (primary N) is 2. The molecule has 116 valence electrons. The molecule has 5 N–H and O–H groups in total. The third kappa shape index (κ3) is 4.11. The lowest BCUT2D eigenvalue weighted by Gasteiger charge is -2.33. The molecule has 1 amide bonds. The van der Waals surface area contributed by atoms with Gasteiger partial charge in [-0.15, -0.1) is 0 Å². The lowest BCUT2D eigenvalue weighted by Crippen LogP contribution is -2.52. The van der Waals surface area contributed by atoms with E-state index in [0.717, 1.165) is 6.42 Å². The van der Waals surface area contributed by atoms with Crippen molar-refractivity contribution in [1.29, 1.82) is 0 Å². The fourth-order valence-electron chi connectivity index (χ4n) is 2.38. The molecule has 1 saturated heterocycles. The molecule has 1 aliphatic rings. The lowest BCUT2D eigenvalue weighted by atomic mass is 9.97. The number of hydrazine groups is 1. The van der Waals surface area contributed by atoms with Crippen molar-refractivity contribution in [3.05, 3.63) is 11.9 Å². The summed E-state index contributed by atoms with van der Waals surface area (Å²) in [5, 5.41) is 11.0. The van der Waals surface area contributed by atoms with Crippen molar-refractivity contribution in [2.45, 2.75) is 52.2 Å². The van der Waals surface area contributed by atoms with Gasteiger partial charge in [-0.1, -0.05) is 27.2 Å². The molecule has 0 radical (unpaired) electrons. The summed E-state index contributed by atoms with van der Waals surface area (Å²) in [6, 6.07) is -0.435. The summed E-state index contributed by atoms with van der Waals surface area (Å²) in [5.41, 5.74) is 6.45. The number of carbonyl (C=O) groups is 1.